The lowest BCUT2D eigenvalue weighted by atomic mass is 10.3. The lowest BCUT2D eigenvalue weighted by Crippen LogP contribution is -2.37. The summed E-state index contributed by atoms with van der Waals surface area (Å²) < 4.78 is 23.2. The molecule has 4 atom stereocenters. The van der Waals surface area contributed by atoms with Gasteiger partial charge in [-0.25, -0.2) is 8.42 Å². The lowest BCUT2D eigenvalue weighted by Gasteiger charge is -2.19. The van der Waals surface area contributed by atoms with E-state index in [2.05, 4.69) is 0 Å². The second-order valence-electron chi connectivity index (χ2n) is 6.49. The minimum absolute atomic E-state index is 0.0445. The number of carbonyl (C=O) groups excluding carboxylic acids is 2. The Kier molecular flexibility index (Phi) is 12.4. The van der Waals surface area contributed by atoms with Crippen molar-refractivity contribution in [3.63, 3.8) is 0 Å². The Morgan fingerprint density at radius 3 is 1.50 bits per heavy atom. The molecule has 0 spiro atoms. The maximum Gasteiger partial charge on any atom is 0.319 e. The molecule has 0 aromatic heterocycles. The van der Waals surface area contributed by atoms with E-state index in [0.29, 0.717) is 32.1 Å². The first-order valence-corrected chi connectivity index (χ1v) is 12.1. The van der Waals surface area contributed by atoms with E-state index in [9.17, 15) is 22.8 Å². The van der Waals surface area contributed by atoms with Gasteiger partial charge in [0, 0.05) is 31.4 Å². The number of amides is 2. The largest absolute Gasteiger partial charge is 0.480 e. The van der Waals surface area contributed by atoms with Crippen LogP contribution >= 0.6 is 0 Å². The van der Waals surface area contributed by atoms with Gasteiger partial charge in [0.1, 0.15) is 26.8 Å². The zero-order chi connectivity index (χ0) is 22.0. The van der Waals surface area contributed by atoms with E-state index >= 15 is 0 Å². The molecule has 1 aliphatic carbocycles. The van der Waals surface area contributed by atoms with Crippen LogP contribution in [-0.2, 0) is 26.4 Å². The second kappa shape index (κ2) is 13.0. The van der Waals surface area contributed by atoms with Crippen LogP contribution in [0.4, 0.5) is 9.59 Å². The van der Waals surface area contributed by atoms with Gasteiger partial charge in [0.15, 0.2) is 0 Å². The molecule has 0 aliphatic heterocycles. The summed E-state index contributed by atoms with van der Waals surface area (Å²) in [6.07, 6.45) is 2.27. The van der Waals surface area contributed by atoms with Crippen molar-refractivity contribution in [2.75, 3.05) is 26.2 Å². The number of nitrogens with zero attached hydrogens (tertiary/aromatic N) is 2. The van der Waals surface area contributed by atoms with E-state index < -0.39 is 38.1 Å². The molecule has 8 nitrogen and oxygen atoms in total. The molecule has 10 heteroatoms. The summed E-state index contributed by atoms with van der Waals surface area (Å²) in [5.41, 5.74) is 0. The quantitative estimate of drug-likeness (QED) is 0.623. The fourth-order valence-electron chi connectivity index (χ4n) is 2.36. The first-order chi connectivity index (χ1) is 13.1. The molecule has 1 saturated carbocycles. The minimum atomic E-state index is -1.98. The molecule has 0 saturated heterocycles. The SMILES string of the molecule is CCN(CC)C(=O)S(=O)C(C)C(=O)O.CCN(CC)C(=O)S(=O)C(C)C1CC1. The molecule has 0 bridgehead atoms. The minimum Gasteiger partial charge on any atom is -0.480 e. The van der Waals surface area contributed by atoms with Crippen LogP contribution in [0.1, 0.15) is 54.4 Å². The van der Waals surface area contributed by atoms with Crippen molar-refractivity contribution in [1.29, 1.82) is 0 Å². The van der Waals surface area contributed by atoms with E-state index in [4.69, 9.17) is 5.11 Å². The fourth-order valence-corrected chi connectivity index (χ4v) is 4.81. The van der Waals surface area contributed by atoms with Gasteiger partial charge in [0.25, 0.3) is 0 Å². The molecule has 28 heavy (non-hydrogen) atoms. The van der Waals surface area contributed by atoms with Gasteiger partial charge in [-0.15, -0.1) is 0 Å². The van der Waals surface area contributed by atoms with Gasteiger partial charge in [-0.1, -0.05) is 0 Å². The molecule has 1 N–H and O–H groups in total. The van der Waals surface area contributed by atoms with Crippen LogP contribution in [-0.4, -0.2) is 76.5 Å². The average molecular weight is 439 g/mol. The highest BCUT2D eigenvalue weighted by Crippen LogP contribution is 2.35. The normalized spacial score (nSPS) is 17.4. The number of carboxylic acids is 1. The molecule has 1 aliphatic rings. The van der Waals surface area contributed by atoms with Crippen molar-refractivity contribution >= 4 is 38.0 Å². The summed E-state index contributed by atoms with van der Waals surface area (Å²) in [6.45, 7) is 12.7. The number of hydrogen-bond acceptors (Lipinski definition) is 5. The number of hydrogen-bond donors (Lipinski definition) is 1. The Morgan fingerprint density at radius 1 is 0.857 bits per heavy atom. The summed E-state index contributed by atoms with van der Waals surface area (Å²) in [5, 5.41) is 6.67. The van der Waals surface area contributed by atoms with E-state index in [0.717, 1.165) is 12.8 Å². The van der Waals surface area contributed by atoms with Gasteiger partial charge in [-0.3, -0.25) is 14.4 Å². The molecule has 0 aromatic carbocycles. The Morgan fingerprint density at radius 2 is 1.21 bits per heavy atom. The van der Waals surface area contributed by atoms with Crippen molar-refractivity contribution in [2.24, 2.45) is 5.92 Å². The van der Waals surface area contributed by atoms with Crippen LogP contribution in [0.25, 0.3) is 0 Å². The summed E-state index contributed by atoms with van der Waals surface area (Å²) >= 11 is 0. The van der Waals surface area contributed by atoms with Gasteiger partial charge in [-0.2, -0.15) is 0 Å². The van der Waals surface area contributed by atoms with Crippen LogP contribution < -0.4 is 0 Å². The molecule has 0 aromatic rings. The van der Waals surface area contributed by atoms with Crippen LogP contribution in [0.5, 0.6) is 0 Å². The molecule has 0 heterocycles. The highest BCUT2D eigenvalue weighted by Gasteiger charge is 2.35. The molecule has 2 amide bonds. The molecule has 4 unspecified atom stereocenters. The van der Waals surface area contributed by atoms with Crippen molar-refractivity contribution in [3.05, 3.63) is 0 Å². The van der Waals surface area contributed by atoms with E-state index in [1.54, 1.807) is 18.7 Å². The Hall–Kier alpha value is -1.29. The highest BCUT2D eigenvalue weighted by molar-refractivity contribution is 8.01. The maximum atomic E-state index is 11.8. The number of carbonyl (C=O) groups is 3. The molecule has 0 radical (unpaired) electrons. The van der Waals surface area contributed by atoms with Crippen LogP contribution in [0.3, 0.4) is 0 Å². The van der Waals surface area contributed by atoms with Gasteiger partial charge < -0.3 is 14.9 Å². The summed E-state index contributed by atoms with van der Waals surface area (Å²) in [7, 11) is -3.30. The third kappa shape index (κ3) is 7.98. The zero-order valence-corrected chi connectivity index (χ0v) is 19.3. The molecular weight excluding hydrogens is 404 g/mol. The molecule has 1 rings (SSSR count). The topological polar surface area (TPSA) is 112 Å². The molecule has 164 valence electrons. The van der Waals surface area contributed by atoms with Gasteiger partial charge >= 0.3 is 16.4 Å². The second-order valence-corrected chi connectivity index (χ2v) is 9.83. The predicted molar refractivity (Wildman–Crippen MR) is 112 cm³/mol. The fraction of sp³-hybridized carbons (Fsp3) is 0.833. The van der Waals surface area contributed by atoms with E-state index in [-0.39, 0.29) is 10.5 Å². The maximum absolute atomic E-state index is 11.8. The molecular formula is C18H34N2O6S2. The van der Waals surface area contributed by atoms with Crippen LogP contribution in [0.2, 0.25) is 0 Å². The Labute approximate surface area is 172 Å². The van der Waals surface area contributed by atoms with Crippen molar-refractivity contribution < 1.29 is 27.9 Å². The summed E-state index contributed by atoms with van der Waals surface area (Å²) in [6, 6.07) is 0. The first kappa shape index (κ1) is 26.7. The highest BCUT2D eigenvalue weighted by atomic mass is 32.2. The molecule has 1 fully saturated rings. The number of aliphatic carboxylic acids is 1. The van der Waals surface area contributed by atoms with Crippen molar-refractivity contribution in [2.45, 2.75) is 64.9 Å². The van der Waals surface area contributed by atoms with E-state index in [1.165, 1.54) is 11.8 Å². The zero-order valence-electron chi connectivity index (χ0n) is 17.7. The Balaban J connectivity index is 0.000000521. The summed E-state index contributed by atoms with van der Waals surface area (Å²) in [4.78, 5) is 36.6. The van der Waals surface area contributed by atoms with Gasteiger partial charge in [-0.05, 0) is 60.3 Å². The monoisotopic (exact) mass is 438 g/mol. The van der Waals surface area contributed by atoms with E-state index in [1.807, 2.05) is 20.8 Å². The van der Waals surface area contributed by atoms with Crippen LogP contribution in [0.15, 0.2) is 0 Å². The predicted octanol–water partition coefficient (Wildman–Crippen LogP) is 2.67. The standard InChI is InChI=1S/C10H19NO2S.C8H15NO4S/c1-4-11(5-2)10(12)14(13)8(3)9-6-7-9;1-4-9(5-2)8(12)14(13)6(3)7(10)11/h8-9H,4-7H2,1-3H3;6H,4-5H2,1-3H3,(H,10,11). The first-order valence-electron chi connectivity index (χ1n) is 9.68. The third-order valence-corrected chi connectivity index (χ3v) is 7.79. The van der Waals surface area contributed by atoms with Crippen LogP contribution in [0, 0.1) is 5.92 Å². The lowest BCUT2D eigenvalue weighted by molar-refractivity contribution is -0.136. The van der Waals surface area contributed by atoms with Gasteiger partial charge in [0.2, 0.25) is 0 Å². The summed E-state index contributed by atoms with van der Waals surface area (Å²) in [5.74, 6) is -0.695. The number of rotatable bonds is 8. The number of carboxylic acid groups (broad SMARTS) is 1. The average Bonchev–Trinajstić information content (AvgIpc) is 3.52. The van der Waals surface area contributed by atoms with Gasteiger partial charge in [0.05, 0.1) is 0 Å². The Bertz CT molecular complexity index is 575. The van der Waals surface area contributed by atoms with Crippen molar-refractivity contribution in [3.8, 4) is 0 Å². The smallest absolute Gasteiger partial charge is 0.319 e. The van der Waals surface area contributed by atoms with Crippen molar-refractivity contribution in [1.82, 2.24) is 9.80 Å². The third-order valence-electron chi connectivity index (χ3n) is 4.68.